The fourth-order valence-electron chi connectivity index (χ4n) is 0.943. The van der Waals surface area contributed by atoms with Gasteiger partial charge in [-0.1, -0.05) is 0 Å². The Kier molecular flexibility index (Phi) is 2.81. The van der Waals surface area contributed by atoms with E-state index < -0.39 is 12.2 Å². The van der Waals surface area contributed by atoms with Gasteiger partial charge in [-0.2, -0.15) is 0 Å². The molecule has 1 saturated heterocycles. The van der Waals surface area contributed by atoms with Gasteiger partial charge in [0, 0.05) is 6.42 Å². The average molecular weight is 172 g/mol. The molecule has 1 aliphatic heterocycles. The number of esters is 1. The Morgan fingerprint density at radius 1 is 1.75 bits per heavy atom. The van der Waals surface area contributed by atoms with Crippen LogP contribution in [0.1, 0.15) is 20.3 Å². The highest BCUT2D eigenvalue weighted by atomic mass is 16.6. The van der Waals surface area contributed by atoms with Crippen molar-refractivity contribution in [3.05, 3.63) is 0 Å². The molecule has 0 N–H and O–H groups in total. The summed E-state index contributed by atoms with van der Waals surface area (Å²) in [6.45, 7) is 3.47. The first-order valence-corrected chi connectivity index (χ1v) is 3.94. The highest BCUT2D eigenvalue weighted by Crippen LogP contribution is 2.12. The zero-order chi connectivity index (χ0) is 9.14. The van der Waals surface area contributed by atoms with Crippen LogP contribution in [0.25, 0.3) is 0 Å². The molecule has 1 fully saturated rings. The number of Topliss-reactive ketones (excluding diaryl/α,β-unsaturated/α-hetero) is 1. The molecule has 1 heterocycles. The maximum atomic E-state index is 10.9. The monoisotopic (exact) mass is 172 g/mol. The van der Waals surface area contributed by atoms with E-state index in [1.54, 1.807) is 6.92 Å². The molecule has 68 valence electrons. The number of hydrogen-bond donors (Lipinski definition) is 0. The van der Waals surface area contributed by atoms with Crippen LogP contribution in [0.15, 0.2) is 0 Å². The van der Waals surface area contributed by atoms with Crippen molar-refractivity contribution in [2.24, 2.45) is 0 Å². The minimum Gasteiger partial charge on any atom is -0.464 e. The molecule has 4 nitrogen and oxygen atoms in total. The minimum absolute atomic E-state index is 0.0744. The summed E-state index contributed by atoms with van der Waals surface area (Å²) >= 11 is 0. The Hall–Kier alpha value is -0.900. The van der Waals surface area contributed by atoms with Crippen molar-refractivity contribution in [2.75, 3.05) is 6.61 Å². The molecule has 0 saturated carbocycles. The summed E-state index contributed by atoms with van der Waals surface area (Å²) in [5.74, 6) is -0.433. The highest BCUT2D eigenvalue weighted by molar-refractivity contribution is 5.81. The van der Waals surface area contributed by atoms with Gasteiger partial charge in [0.1, 0.15) is 6.10 Å². The van der Waals surface area contributed by atoms with Crippen molar-refractivity contribution in [1.29, 1.82) is 0 Å². The Morgan fingerprint density at radius 3 is 2.83 bits per heavy atom. The fraction of sp³-hybridized carbons (Fsp3) is 0.750. The molecule has 0 aromatic heterocycles. The van der Waals surface area contributed by atoms with Gasteiger partial charge >= 0.3 is 5.97 Å². The highest BCUT2D eigenvalue weighted by Gasteiger charge is 2.29. The van der Waals surface area contributed by atoms with Crippen molar-refractivity contribution in [2.45, 2.75) is 32.5 Å². The van der Waals surface area contributed by atoms with Crippen molar-refractivity contribution in [1.82, 2.24) is 0 Å². The van der Waals surface area contributed by atoms with Gasteiger partial charge in [0.05, 0.1) is 6.61 Å². The standard InChI is InChI=1S/C8H12O4/c1-5(9)6(2)12-7-3-4-11-8(7)10/h6-7H,3-4H2,1-2H3. The summed E-state index contributed by atoms with van der Waals surface area (Å²) in [6, 6.07) is 0. The lowest BCUT2D eigenvalue weighted by Gasteiger charge is -2.12. The van der Waals surface area contributed by atoms with Gasteiger partial charge in [0.25, 0.3) is 0 Å². The molecular formula is C8H12O4. The molecule has 0 aromatic rings. The smallest absolute Gasteiger partial charge is 0.335 e. The average Bonchev–Trinajstić information content (AvgIpc) is 2.36. The first-order valence-electron chi connectivity index (χ1n) is 3.94. The largest absolute Gasteiger partial charge is 0.464 e. The Morgan fingerprint density at radius 2 is 2.42 bits per heavy atom. The molecule has 2 atom stereocenters. The first kappa shape index (κ1) is 9.19. The predicted octanol–water partition coefficient (Wildman–Crippen LogP) is 0.296. The summed E-state index contributed by atoms with van der Waals surface area (Å²) in [4.78, 5) is 21.6. The second kappa shape index (κ2) is 3.67. The molecule has 0 aromatic carbocycles. The summed E-state index contributed by atoms with van der Waals surface area (Å²) in [7, 11) is 0. The lowest BCUT2D eigenvalue weighted by Crippen LogP contribution is -2.28. The molecule has 2 unspecified atom stereocenters. The van der Waals surface area contributed by atoms with Crippen LogP contribution < -0.4 is 0 Å². The van der Waals surface area contributed by atoms with Gasteiger partial charge in [-0.15, -0.1) is 0 Å². The van der Waals surface area contributed by atoms with Crippen LogP contribution in [0.5, 0.6) is 0 Å². The van der Waals surface area contributed by atoms with E-state index >= 15 is 0 Å². The summed E-state index contributed by atoms with van der Waals surface area (Å²) in [5, 5.41) is 0. The number of carbonyl (C=O) groups excluding carboxylic acids is 2. The molecule has 4 heteroatoms. The third-order valence-electron chi connectivity index (χ3n) is 1.83. The molecule has 0 radical (unpaired) electrons. The third kappa shape index (κ3) is 2.04. The maximum Gasteiger partial charge on any atom is 0.335 e. The Balaban J connectivity index is 2.40. The topological polar surface area (TPSA) is 52.6 Å². The lowest BCUT2D eigenvalue weighted by molar-refractivity contribution is -0.152. The molecule has 0 aliphatic carbocycles. The van der Waals surface area contributed by atoms with Gasteiger partial charge in [-0.3, -0.25) is 4.79 Å². The van der Waals surface area contributed by atoms with Crippen molar-refractivity contribution < 1.29 is 19.1 Å². The van der Waals surface area contributed by atoms with E-state index in [1.165, 1.54) is 6.92 Å². The maximum absolute atomic E-state index is 10.9. The second-order valence-electron chi connectivity index (χ2n) is 2.83. The summed E-state index contributed by atoms with van der Waals surface area (Å²) in [6.07, 6.45) is -0.499. The van der Waals surface area contributed by atoms with Crippen LogP contribution in [-0.2, 0) is 19.1 Å². The van der Waals surface area contributed by atoms with Gasteiger partial charge in [0.15, 0.2) is 11.9 Å². The van der Waals surface area contributed by atoms with E-state index in [0.29, 0.717) is 13.0 Å². The fourth-order valence-corrected chi connectivity index (χ4v) is 0.943. The molecule has 1 aliphatic rings. The number of ketones is 1. The third-order valence-corrected chi connectivity index (χ3v) is 1.83. The molecule has 12 heavy (non-hydrogen) atoms. The van der Waals surface area contributed by atoms with Gasteiger partial charge in [-0.25, -0.2) is 4.79 Å². The van der Waals surface area contributed by atoms with Gasteiger partial charge in [0.2, 0.25) is 0 Å². The number of carbonyl (C=O) groups is 2. The molecule has 0 amide bonds. The minimum atomic E-state index is -0.538. The summed E-state index contributed by atoms with van der Waals surface area (Å²) in [5.41, 5.74) is 0. The Labute approximate surface area is 70.8 Å². The van der Waals surface area contributed by atoms with Gasteiger partial charge < -0.3 is 9.47 Å². The van der Waals surface area contributed by atoms with Crippen LogP contribution >= 0.6 is 0 Å². The molecular weight excluding hydrogens is 160 g/mol. The lowest BCUT2D eigenvalue weighted by atomic mass is 10.2. The summed E-state index contributed by atoms with van der Waals surface area (Å²) < 4.78 is 9.83. The van der Waals surface area contributed by atoms with E-state index in [0.717, 1.165) is 0 Å². The van der Waals surface area contributed by atoms with Gasteiger partial charge in [-0.05, 0) is 13.8 Å². The van der Waals surface area contributed by atoms with E-state index in [1.807, 2.05) is 0 Å². The van der Waals surface area contributed by atoms with E-state index in [9.17, 15) is 9.59 Å². The van der Waals surface area contributed by atoms with Crippen molar-refractivity contribution in [3.63, 3.8) is 0 Å². The zero-order valence-electron chi connectivity index (χ0n) is 7.20. The van der Waals surface area contributed by atoms with E-state index in [4.69, 9.17) is 4.74 Å². The second-order valence-corrected chi connectivity index (χ2v) is 2.83. The quantitative estimate of drug-likeness (QED) is 0.574. The van der Waals surface area contributed by atoms with Crippen LogP contribution in [0.4, 0.5) is 0 Å². The normalized spacial score (nSPS) is 25.2. The zero-order valence-corrected chi connectivity index (χ0v) is 7.20. The van der Waals surface area contributed by atoms with Crippen molar-refractivity contribution >= 4 is 11.8 Å². The van der Waals surface area contributed by atoms with Crippen LogP contribution in [-0.4, -0.2) is 30.6 Å². The number of ether oxygens (including phenoxy) is 2. The van der Waals surface area contributed by atoms with E-state index in [-0.39, 0.29) is 11.8 Å². The van der Waals surface area contributed by atoms with Crippen LogP contribution in [0.2, 0.25) is 0 Å². The number of hydrogen-bond acceptors (Lipinski definition) is 4. The molecule has 0 bridgehead atoms. The van der Waals surface area contributed by atoms with Crippen molar-refractivity contribution in [3.8, 4) is 0 Å². The van der Waals surface area contributed by atoms with Crippen LogP contribution in [0.3, 0.4) is 0 Å². The number of cyclic esters (lactones) is 1. The number of rotatable bonds is 3. The Bertz CT molecular complexity index is 199. The molecule has 1 rings (SSSR count). The SMILES string of the molecule is CC(=O)C(C)OC1CCOC1=O. The van der Waals surface area contributed by atoms with E-state index in [2.05, 4.69) is 4.74 Å². The first-order chi connectivity index (χ1) is 5.61. The van der Waals surface area contributed by atoms with Crippen LogP contribution in [0, 0.1) is 0 Å². The molecule has 0 spiro atoms. The predicted molar refractivity (Wildman–Crippen MR) is 40.6 cm³/mol.